The van der Waals surface area contributed by atoms with Crippen molar-refractivity contribution in [2.75, 3.05) is 0 Å². The van der Waals surface area contributed by atoms with Gasteiger partial charge in [-0.2, -0.15) is 0 Å². The third kappa shape index (κ3) is 16.0. The molecule has 12 heavy (non-hydrogen) atoms. The number of carboxylic acid groups (broad SMARTS) is 1. The van der Waals surface area contributed by atoms with Crippen LogP contribution in [0.15, 0.2) is 42.7 Å². The van der Waals surface area contributed by atoms with Crippen LogP contribution in [-0.4, -0.2) is 11.1 Å². The summed E-state index contributed by atoms with van der Waals surface area (Å²) in [6.45, 7) is 9.49. The van der Waals surface area contributed by atoms with E-state index in [2.05, 4.69) is 25.5 Å². The fourth-order valence-corrected chi connectivity index (χ4v) is 0.185. The van der Waals surface area contributed by atoms with Crippen LogP contribution in [0.4, 0.5) is 0 Å². The monoisotopic (exact) mass is 208 g/mol. The van der Waals surface area contributed by atoms with Gasteiger partial charge in [0.25, 0.3) is 0 Å². The van der Waals surface area contributed by atoms with Crippen molar-refractivity contribution in [2.45, 2.75) is 0 Å². The largest absolute Gasteiger partial charge is 0.478 e. The molecular formula is C8H10Cl2O2. The molecule has 0 aliphatic heterocycles. The van der Waals surface area contributed by atoms with E-state index in [0.717, 1.165) is 0 Å². The third-order valence-corrected chi connectivity index (χ3v) is 0.551. The Balaban J connectivity index is -0.000000177. The maximum Gasteiger partial charge on any atom is 0.335 e. The van der Waals surface area contributed by atoms with Gasteiger partial charge in [-0.15, -0.1) is 18.1 Å². The van der Waals surface area contributed by atoms with E-state index in [1.807, 2.05) is 0 Å². The molecule has 0 radical (unpaired) electrons. The molecule has 0 atom stereocenters. The van der Waals surface area contributed by atoms with Crippen LogP contribution in [0.5, 0.6) is 0 Å². The van der Waals surface area contributed by atoms with E-state index in [1.165, 1.54) is 11.6 Å². The summed E-state index contributed by atoms with van der Waals surface area (Å²) >= 11 is 4.76. The van der Waals surface area contributed by atoms with Gasteiger partial charge in [0.15, 0.2) is 0 Å². The highest BCUT2D eigenvalue weighted by atomic mass is 35.5. The van der Waals surface area contributed by atoms with Gasteiger partial charge in [0, 0.05) is 0 Å². The summed E-state index contributed by atoms with van der Waals surface area (Å²) in [6.07, 6.45) is 1.21. The fraction of sp³-hybridized carbons (Fsp3) is 0. The van der Waals surface area contributed by atoms with Crippen molar-refractivity contribution in [2.24, 2.45) is 0 Å². The summed E-state index contributed by atoms with van der Waals surface area (Å²) in [5, 5.41) is 8.11. The van der Waals surface area contributed by atoms with Crippen LogP contribution >= 0.6 is 24.0 Å². The first-order valence-electron chi connectivity index (χ1n) is 2.59. The SMILES string of the molecule is C=C=CC(=C)C(=O)O.C=CCl.Cl. The molecule has 1 N–H and O–H groups in total. The number of aliphatic carboxylic acids is 1. The van der Waals surface area contributed by atoms with Gasteiger partial charge in [-0.25, -0.2) is 4.79 Å². The van der Waals surface area contributed by atoms with Crippen LogP contribution in [0, 0.1) is 0 Å². The third-order valence-electron chi connectivity index (χ3n) is 0.551. The summed E-state index contributed by atoms with van der Waals surface area (Å²) < 4.78 is 0. The Bertz CT molecular complexity index is 199. The molecular weight excluding hydrogens is 199 g/mol. The molecule has 0 spiro atoms. The average molecular weight is 209 g/mol. The second kappa shape index (κ2) is 12.7. The highest BCUT2D eigenvalue weighted by Crippen LogP contribution is 1.88. The number of hydrogen-bond acceptors (Lipinski definition) is 1. The van der Waals surface area contributed by atoms with Gasteiger partial charge in [-0.1, -0.05) is 31.3 Å². The summed E-state index contributed by atoms with van der Waals surface area (Å²) in [7, 11) is 0. The summed E-state index contributed by atoms with van der Waals surface area (Å²) in [5.41, 5.74) is 3.52. The van der Waals surface area contributed by atoms with E-state index in [4.69, 9.17) is 16.7 Å². The number of hydrogen-bond donors (Lipinski definition) is 1. The van der Waals surface area contributed by atoms with Crippen molar-refractivity contribution in [3.8, 4) is 0 Å². The zero-order valence-electron chi connectivity index (χ0n) is 6.42. The molecule has 0 fully saturated rings. The molecule has 0 aliphatic rings. The van der Waals surface area contributed by atoms with Crippen molar-refractivity contribution in [3.63, 3.8) is 0 Å². The Morgan fingerprint density at radius 3 is 2.00 bits per heavy atom. The molecule has 0 rings (SSSR count). The Morgan fingerprint density at radius 1 is 1.58 bits per heavy atom. The highest BCUT2D eigenvalue weighted by molar-refractivity contribution is 6.25. The lowest BCUT2D eigenvalue weighted by atomic mass is 10.3. The zero-order chi connectivity index (χ0) is 9.28. The first-order chi connectivity index (χ1) is 5.09. The first-order valence-corrected chi connectivity index (χ1v) is 3.03. The number of carboxylic acids is 1. The van der Waals surface area contributed by atoms with E-state index < -0.39 is 5.97 Å². The molecule has 2 nitrogen and oxygen atoms in total. The minimum atomic E-state index is -1.04. The molecule has 4 heteroatoms. The quantitative estimate of drug-likeness (QED) is 0.431. The van der Waals surface area contributed by atoms with Gasteiger partial charge in [-0.05, 0) is 11.6 Å². The molecule has 0 aliphatic carbocycles. The van der Waals surface area contributed by atoms with Crippen molar-refractivity contribution < 1.29 is 9.90 Å². The Morgan fingerprint density at radius 2 is 1.92 bits per heavy atom. The standard InChI is InChI=1S/C6H6O2.C2H3Cl.ClH/c1-3-4-5(2)6(7)8;1-2-3;/h4H,1-2H2,(H,7,8);2H,1H2;1H. The number of carbonyl (C=O) groups is 1. The van der Waals surface area contributed by atoms with Crippen LogP contribution < -0.4 is 0 Å². The van der Waals surface area contributed by atoms with E-state index in [-0.39, 0.29) is 18.0 Å². The lowest BCUT2D eigenvalue weighted by Gasteiger charge is -1.82. The molecule has 0 saturated heterocycles. The molecule has 0 unspecified atom stereocenters. The second-order valence-corrected chi connectivity index (χ2v) is 1.64. The fourth-order valence-electron chi connectivity index (χ4n) is 0.185. The summed E-state index contributed by atoms with van der Waals surface area (Å²) in [4.78, 5) is 9.89. The molecule has 0 aromatic rings. The smallest absolute Gasteiger partial charge is 0.335 e. The number of halogens is 2. The maximum atomic E-state index is 9.89. The molecule has 68 valence electrons. The van der Waals surface area contributed by atoms with Crippen molar-refractivity contribution in [1.82, 2.24) is 0 Å². The van der Waals surface area contributed by atoms with E-state index in [0.29, 0.717) is 0 Å². The number of rotatable bonds is 2. The lowest BCUT2D eigenvalue weighted by molar-refractivity contribution is -0.132. The van der Waals surface area contributed by atoms with Crippen molar-refractivity contribution >= 4 is 30.0 Å². The second-order valence-electron chi connectivity index (χ2n) is 1.33. The van der Waals surface area contributed by atoms with Crippen molar-refractivity contribution in [1.29, 1.82) is 0 Å². The zero-order valence-corrected chi connectivity index (χ0v) is 7.99. The van der Waals surface area contributed by atoms with Gasteiger partial charge in [0.05, 0.1) is 5.57 Å². The average Bonchev–Trinajstić information content (AvgIpc) is 1.90. The van der Waals surface area contributed by atoms with Crippen molar-refractivity contribution in [3.05, 3.63) is 42.7 Å². The maximum absolute atomic E-state index is 9.89. The van der Waals surface area contributed by atoms with Gasteiger partial charge in [-0.3, -0.25) is 0 Å². The lowest BCUT2D eigenvalue weighted by Crippen LogP contribution is -1.93. The van der Waals surface area contributed by atoms with E-state index >= 15 is 0 Å². The predicted octanol–water partition coefficient (Wildman–Crippen LogP) is 2.76. The van der Waals surface area contributed by atoms with Crippen LogP contribution in [0.25, 0.3) is 0 Å². The minimum absolute atomic E-state index is 0. The van der Waals surface area contributed by atoms with Gasteiger partial charge in [0.2, 0.25) is 0 Å². The van der Waals surface area contributed by atoms with Gasteiger partial charge in [0.1, 0.15) is 0 Å². The minimum Gasteiger partial charge on any atom is -0.478 e. The van der Waals surface area contributed by atoms with E-state index in [1.54, 1.807) is 0 Å². The molecule has 0 amide bonds. The highest BCUT2D eigenvalue weighted by Gasteiger charge is 1.94. The topological polar surface area (TPSA) is 37.3 Å². The Hall–Kier alpha value is -0.950. The molecule has 0 aromatic carbocycles. The summed E-state index contributed by atoms with van der Waals surface area (Å²) in [6, 6.07) is 0. The van der Waals surface area contributed by atoms with Gasteiger partial charge < -0.3 is 5.11 Å². The van der Waals surface area contributed by atoms with Crippen LogP contribution in [0.3, 0.4) is 0 Å². The van der Waals surface area contributed by atoms with Crippen LogP contribution in [-0.2, 0) is 4.79 Å². The Kier molecular flexibility index (Phi) is 18.2. The van der Waals surface area contributed by atoms with Crippen LogP contribution in [0.2, 0.25) is 0 Å². The van der Waals surface area contributed by atoms with E-state index in [9.17, 15) is 4.79 Å². The molecule has 0 heterocycles. The first kappa shape index (κ1) is 17.2. The summed E-state index contributed by atoms with van der Waals surface area (Å²) in [5.74, 6) is -1.04. The van der Waals surface area contributed by atoms with Gasteiger partial charge >= 0.3 is 5.97 Å². The predicted molar refractivity (Wildman–Crippen MR) is 53.8 cm³/mol. The normalized spacial score (nSPS) is 5.75. The molecule has 0 aromatic heterocycles. The Labute approximate surface area is 83.0 Å². The molecule has 0 saturated carbocycles. The molecule has 0 bridgehead atoms. The van der Waals surface area contributed by atoms with Crippen LogP contribution in [0.1, 0.15) is 0 Å².